The smallest absolute Gasteiger partial charge is 0.196 e. The summed E-state index contributed by atoms with van der Waals surface area (Å²) >= 11 is 7.43. The summed E-state index contributed by atoms with van der Waals surface area (Å²) in [6.45, 7) is 6.48. The summed E-state index contributed by atoms with van der Waals surface area (Å²) in [5.41, 5.74) is 9.55. The minimum atomic E-state index is -0.0705. The second-order valence-corrected chi connectivity index (χ2v) is 9.44. The predicted molar refractivity (Wildman–Crippen MR) is 119 cm³/mol. The van der Waals surface area contributed by atoms with Gasteiger partial charge in [0.1, 0.15) is 5.75 Å². The van der Waals surface area contributed by atoms with Crippen molar-refractivity contribution in [2.75, 3.05) is 12.8 Å². The second kappa shape index (κ2) is 7.98. The summed E-state index contributed by atoms with van der Waals surface area (Å²) in [6.07, 6.45) is 0.738. The van der Waals surface area contributed by atoms with Crippen LogP contribution >= 0.6 is 22.9 Å². The highest BCUT2D eigenvalue weighted by atomic mass is 35.5. The van der Waals surface area contributed by atoms with E-state index in [-0.39, 0.29) is 11.2 Å². The number of hydrogen-bond acceptors (Lipinski definition) is 4. The molecule has 3 nitrogen and oxygen atoms in total. The zero-order valence-corrected chi connectivity index (χ0v) is 18.1. The second-order valence-electron chi connectivity index (χ2n) is 7.95. The van der Waals surface area contributed by atoms with Crippen molar-refractivity contribution in [2.45, 2.75) is 27.2 Å². The Morgan fingerprint density at radius 2 is 1.82 bits per heavy atom. The fourth-order valence-corrected chi connectivity index (χ4v) is 4.38. The van der Waals surface area contributed by atoms with Crippen molar-refractivity contribution in [3.05, 3.63) is 70.2 Å². The highest BCUT2D eigenvalue weighted by Crippen LogP contribution is 2.43. The van der Waals surface area contributed by atoms with Crippen LogP contribution in [0.25, 0.3) is 10.4 Å². The van der Waals surface area contributed by atoms with Gasteiger partial charge in [0.2, 0.25) is 0 Å². The number of rotatable bonds is 5. The first-order valence-electron chi connectivity index (χ1n) is 9.05. The van der Waals surface area contributed by atoms with Crippen LogP contribution in [-0.4, -0.2) is 12.9 Å². The van der Waals surface area contributed by atoms with Crippen LogP contribution in [0.2, 0.25) is 5.02 Å². The normalized spacial score (nSPS) is 11.5. The third-order valence-electron chi connectivity index (χ3n) is 4.41. The number of hydrogen-bond donors (Lipinski definition) is 1. The highest BCUT2D eigenvalue weighted by Gasteiger charge is 2.27. The van der Waals surface area contributed by atoms with E-state index in [0.29, 0.717) is 21.2 Å². The molecule has 0 fully saturated rings. The summed E-state index contributed by atoms with van der Waals surface area (Å²) in [5.74, 6) is 0.704. The van der Waals surface area contributed by atoms with Crippen LogP contribution in [0.3, 0.4) is 0 Å². The molecular weight excluding hydrogens is 390 g/mol. The number of ketones is 1. The Bertz CT molecular complexity index is 1000. The van der Waals surface area contributed by atoms with Gasteiger partial charge in [0.15, 0.2) is 5.78 Å². The number of nitrogen functional groups attached to an aromatic ring is 1. The average Bonchev–Trinajstić information content (AvgIpc) is 2.96. The number of thiophene rings is 1. The van der Waals surface area contributed by atoms with Gasteiger partial charge in [-0.1, -0.05) is 44.5 Å². The molecule has 2 N–H and O–H groups in total. The third-order valence-corrected chi connectivity index (χ3v) is 5.77. The van der Waals surface area contributed by atoms with Crippen molar-refractivity contribution >= 4 is 33.7 Å². The van der Waals surface area contributed by atoms with E-state index >= 15 is 0 Å². The zero-order valence-electron chi connectivity index (χ0n) is 16.5. The first kappa shape index (κ1) is 20.4. The average molecular weight is 414 g/mol. The van der Waals surface area contributed by atoms with Crippen LogP contribution in [0.1, 0.15) is 42.3 Å². The van der Waals surface area contributed by atoms with Gasteiger partial charge in [-0.25, -0.2) is 0 Å². The van der Waals surface area contributed by atoms with Crippen molar-refractivity contribution in [2.24, 2.45) is 5.41 Å². The van der Waals surface area contributed by atoms with Crippen LogP contribution in [0.4, 0.5) is 5.00 Å². The van der Waals surface area contributed by atoms with Crippen LogP contribution in [0.15, 0.2) is 48.5 Å². The fraction of sp³-hybridized carbons (Fsp3) is 0.261. The standard InChI is InChI=1S/C23H24ClNO2S/c1-23(2,3)13-18-19(20(26)14-8-10-16(24)11-9-14)22(25)28-21(18)15-6-5-7-17(12-15)27-4/h5-12H,13,25H2,1-4H3. The summed E-state index contributed by atoms with van der Waals surface area (Å²) in [6, 6.07) is 14.8. The number of nitrogens with two attached hydrogens (primary N) is 1. The first-order chi connectivity index (χ1) is 13.2. The van der Waals surface area contributed by atoms with Crippen LogP contribution < -0.4 is 10.5 Å². The van der Waals surface area contributed by atoms with E-state index in [1.165, 1.54) is 11.3 Å². The van der Waals surface area contributed by atoms with E-state index in [1.54, 1.807) is 31.4 Å². The monoisotopic (exact) mass is 413 g/mol. The van der Waals surface area contributed by atoms with Gasteiger partial charge in [-0.15, -0.1) is 11.3 Å². The lowest BCUT2D eigenvalue weighted by Crippen LogP contribution is -2.14. The van der Waals surface area contributed by atoms with E-state index in [4.69, 9.17) is 22.1 Å². The Hall–Kier alpha value is -2.30. The lowest BCUT2D eigenvalue weighted by Gasteiger charge is -2.20. The van der Waals surface area contributed by atoms with Crippen LogP contribution in [0, 0.1) is 5.41 Å². The van der Waals surface area contributed by atoms with Crippen molar-refractivity contribution in [3.63, 3.8) is 0 Å². The largest absolute Gasteiger partial charge is 0.497 e. The van der Waals surface area contributed by atoms with Gasteiger partial charge in [0.05, 0.1) is 17.7 Å². The van der Waals surface area contributed by atoms with Gasteiger partial charge in [-0.3, -0.25) is 4.79 Å². The number of halogens is 1. The minimum absolute atomic E-state index is 0.00381. The van der Waals surface area contributed by atoms with E-state index in [1.807, 2.05) is 24.3 Å². The summed E-state index contributed by atoms with van der Waals surface area (Å²) in [4.78, 5) is 14.3. The molecule has 28 heavy (non-hydrogen) atoms. The number of anilines is 1. The molecular formula is C23H24ClNO2S. The third kappa shape index (κ3) is 4.40. The van der Waals surface area contributed by atoms with Gasteiger partial charge in [-0.05, 0) is 59.4 Å². The minimum Gasteiger partial charge on any atom is -0.497 e. The van der Waals surface area contributed by atoms with Gasteiger partial charge in [0.25, 0.3) is 0 Å². The molecule has 1 heterocycles. The molecule has 0 saturated heterocycles. The molecule has 0 spiro atoms. The number of benzene rings is 2. The molecule has 0 aliphatic heterocycles. The molecule has 0 aliphatic rings. The lowest BCUT2D eigenvalue weighted by molar-refractivity contribution is 0.103. The number of carbonyl (C=O) groups is 1. The van der Waals surface area contributed by atoms with E-state index in [0.717, 1.165) is 28.2 Å². The highest BCUT2D eigenvalue weighted by molar-refractivity contribution is 7.20. The molecule has 1 aromatic heterocycles. The van der Waals surface area contributed by atoms with E-state index in [2.05, 4.69) is 20.8 Å². The molecule has 3 rings (SSSR count). The van der Waals surface area contributed by atoms with Gasteiger partial charge in [0, 0.05) is 15.5 Å². The molecule has 0 amide bonds. The Labute approximate surface area is 175 Å². The van der Waals surface area contributed by atoms with Gasteiger partial charge < -0.3 is 10.5 Å². The Kier molecular flexibility index (Phi) is 5.82. The Morgan fingerprint density at radius 1 is 1.14 bits per heavy atom. The molecule has 146 valence electrons. The summed E-state index contributed by atoms with van der Waals surface area (Å²) < 4.78 is 5.38. The molecule has 2 aromatic carbocycles. The number of ether oxygens (including phenoxy) is 1. The van der Waals surface area contributed by atoms with Crippen LogP contribution in [-0.2, 0) is 6.42 Å². The van der Waals surface area contributed by atoms with E-state index in [9.17, 15) is 4.79 Å². The maximum atomic E-state index is 13.3. The first-order valence-corrected chi connectivity index (χ1v) is 10.2. The molecule has 5 heteroatoms. The van der Waals surface area contributed by atoms with Crippen molar-refractivity contribution < 1.29 is 9.53 Å². The summed E-state index contributed by atoms with van der Waals surface area (Å²) in [5, 5.41) is 1.14. The van der Waals surface area contributed by atoms with Gasteiger partial charge in [-0.2, -0.15) is 0 Å². The molecule has 3 aromatic rings. The topological polar surface area (TPSA) is 52.3 Å². The maximum absolute atomic E-state index is 13.3. The molecule has 0 aliphatic carbocycles. The molecule has 0 radical (unpaired) electrons. The van der Waals surface area contributed by atoms with Gasteiger partial charge >= 0.3 is 0 Å². The zero-order chi connectivity index (χ0) is 20.5. The Balaban J connectivity index is 2.17. The molecule has 0 atom stereocenters. The summed E-state index contributed by atoms with van der Waals surface area (Å²) in [7, 11) is 1.65. The molecule has 0 bridgehead atoms. The molecule has 0 saturated carbocycles. The Morgan fingerprint density at radius 3 is 2.43 bits per heavy atom. The predicted octanol–water partition coefficient (Wildman–Crippen LogP) is 6.48. The lowest BCUT2D eigenvalue weighted by atomic mass is 9.84. The number of carbonyl (C=O) groups excluding carboxylic acids is 1. The maximum Gasteiger partial charge on any atom is 0.196 e. The number of methoxy groups -OCH3 is 1. The fourth-order valence-electron chi connectivity index (χ4n) is 3.18. The molecule has 0 unspecified atom stereocenters. The van der Waals surface area contributed by atoms with Crippen LogP contribution in [0.5, 0.6) is 5.75 Å². The van der Waals surface area contributed by atoms with Crippen molar-refractivity contribution in [3.8, 4) is 16.2 Å². The van der Waals surface area contributed by atoms with Crippen molar-refractivity contribution in [1.82, 2.24) is 0 Å². The van der Waals surface area contributed by atoms with E-state index < -0.39 is 0 Å². The van der Waals surface area contributed by atoms with Crippen molar-refractivity contribution in [1.29, 1.82) is 0 Å². The SMILES string of the molecule is COc1cccc(-c2sc(N)c(C(=O)c3ccc(Cl)cc3)c2CC(C)(C)C)c1. The quantitative estimate of drug-likeness (QED) is 0.487.